The van der Waals surface area contributed by atoms with E-state index in [0.717, 1.165) is 12.1 Å². The molecular formula is C12H14F2N2O2. The lowest BCUT2D eigenvalue weighted by molar-refractivity contribution is -0.128. The van der Waals surface area contributed by atoms with Crippen molar-refractivity contribution >= 4 is 5.91 Å². The van der Waals surface area contributed by atoms with Gasteiger partial charge in [0.15, 0.2) is 17.4 Å². The third-order valence-electron chi connectivity index (χ3n) is 3.06. The van der Waals surface area contributed by atoms with E-state index in [0.29, 0.717) is 18.5 Å². The molecule has 1 aromatic rings. The Morgan fingerprint density at radius 1 is 1.44 bits per heavy atom. The number of hydrogen-bond donors (Lipinski definition) is 2. The quantitative estimate of drug-likeness (QED) is 0.848. The summed E-state index contributed by atoms with van der Waals surface area (Å²) in [4.78, 5) is 13.2. The Hall–Kier alpha value is -1.69. The van der Waals surface area contributed by atoms with Crippen molar-refractivity contribution in [3.05, 3.63) is 29.3 Å². The molecular weight excluding hydrogens is 242 g/mol. The summed E-state index contributed by atoms with van der Waals surface area (Å²) in [6.07, 6.45) is 0.679. The highest BCUT2D eigenvalue weighted by atomic mass is 19.1. The second-order valence-electron chi connectivity index (χ2n) is 4.39. The lowest BCUT2D eigenvalue weighted by Gasteiger charge is -2.12. The number of aromatic hydroxyl groups is 1. The molecule has 0 saturated carbocycles. The standard InChI is InChI=1S/C12H14F2N2O2/c1-16-3-2-10(12(16)18)15-6-7-4-8(13)11(17)9(14)5-7/h4-5,10,15,17H,2-3,6H2,1H3. The zero-order chi connectivity index (χ0) is 13.3. The molecule has 0 aromatic heterocycles. The van der Waals surface area contributed by atoms with E-state index in [2.05, 4.69) is 5.32 Å². The number of carbonyl (C=O) groups is 1. The van der Waals surface area contributed by atoms with Gasteiger partial charge in [0, 0.05) is 20.1 Å². The molecule has 0 spiro atoms. The van der Waals surface area contributed by atoms with Crippen molar-refractivity contribution in [1.82, 2.24) is 10.2 Å². The summed E-state index contributed by atoms with van der Waals surface area (Å²) < 4.78 is 26.2. The Morgan fingerprint density at radius 3 is 2.56 bits per heavy atom. The molecule has 0 aliphatic carbocycles. The van der Waals surface area contributed by atoms with Crippen LogP contribution in [0.3, 0.4) is 0 Å². The molecule has 1 atom stereocenters. The number of likely N-dealkylation sites (N-methyl/N-ethyl adjacent to an activating group) is 1. The summed E-state index contributed by atoms with van der Waals surface area (Å²) in [5.41, 5.74) is 0.352. The molecule has 1 aromatic carbocycles. The molecule has 0 bridgehead atoms. The van der Waals surface area contributed by atoms with E-state index in [4.69, 9.17) is 5.11 Å². The Kier molecular flexibility index (Phi) is 3.47. The summed E-state index contributed by atoms with van der Waals surface area (Å²) in [5, 5.41) is 11.9. The first-order chi connectivity index (χ1) is 8.49. The van der Waals surface area contributed by atoms with Gasteiger partial charge in [0.1, 0.15) is 0 Å². The minimum absolute atomic E-state index is 0.0188. The van der Waals surface area contributed by atoms with E-state index in [-0.39, 0.29) is 18.5 Å². The molecule has 1 fully saturated rings. The Labute approximate surface area is 103 Å². The van der Waals surface area contributed by atoms with Crippen LogP contribution < -0.4 is 5.32 Å². The molecule has 1 saturated heterocycles. The minimum atomic E-state index is -0.998. The third kappa shape index (κ3) is 2.43. The number of halogens is 2. The van der Waals surface area contributed by atoms with Gasteiger partial charge in [-0.25, -0.2) is 8.78 Å². The number of hydrogen-bond acceptors (Lipinski definition) is 3. The van der Waals surface area contributed by atoms with E-state index >= 15 is 0 Å². The molecule has 1 aliphatic rings. The first-order valence-electron chi connectivity index (χ1n) is 5.64. The van der Waals surface area contributed by atoms with E-state index in [1.807, 2.05) is 0 Å². The lowest BCUT2D eigenvalue weighted by atomic mass is 10.1. The van der Waals surface area contributed by atoms with Gasteiger partial charge in [-0.05, 0) is 24.1 Å². The van der Waals surface area contributed by atoms with E-state index in [9.17, 15) is 13.6 Å². The van der Waals surface area contributed by atoms with Crippen LogP contribution in [0.4, 0.5) is 8.78 Å². The van der Waals surface area contributed by atoms with E-state index in [1.165, 1.54) is 0 Å². The maximum absolute atomic E-state index is 13.1. The van der Waals surface area contributed by atoms with E-state index in [1.54, 1.807) is 11.9 Å². The molecule has 98 valence electrons. The average molecular weight is 256 g/mol. The van der Waals surface area contributed by atoms with Gasteiger partial charge in [-0.1, -0.05) is 0 Å². The second-order valence-corrected chi connectivity index (χ2v) is 4.39. The minimum Gasteiger partial charge on any atom is -0.503 e. The fourth-order valence-corrected chi connectivity index (χ4v) is 1.97. The molecule has 1 unspecified atom stereocenters. The maximum Gasteiger partial charge on any atom is 0.239 e. The van der Waals surface area contributed by atoms with Crippen molar-refractivity contribution in [3.63, 3.8) is 0 Å². The average Bonchev–Trinajstić information content (AvgIpc) is 2.64. The summed E-state index contributed by atoms with van der Waals surface area (Å²) in [6, 6.07) is 1.79. The van der Waals surface area contributed by atoms with Crippen molar-refractivity contribution in [1.29, 1.82) is 0 Å². The molecule has 18 heavy (non-hydrogen) atoms. The van der Waals surface area contributed by atoms with Crippen LogP contribution in [0, 0.1) is 11.6 Å². The number of likely N-dealkylation sites (tertiary alicyclic amines) is 1. The van der Waals surface area contributed by atoms with Crippen LogP contribution in [0.5, 0.6) is 5.75 Å². The first kappa shape index (κ1) is 12.8. The molecule has 1 aliphatic heterocycles. The second kappa shape index (κ2) is 4.89. The van der Waals surface area contributed by atoms with Crippen molar-refractivity contribution in [2.45, 2.75) is 19.0 Å². The van der Waals surface area contributed by atoms with Crippen LogP contribution in [0.25, 0.3) is 0 Å². The van der Waals surface area contributed by atoms with Crippen molar-refractivity contribution < 1.29 is 18.7 Å². The predicted octanol–water partition coefficient (Wildman–Crippen LogP) is 0.991. The number of rotatable bonds is 3. The first-order valence-corrected chi connectivity index (χ1v) is 5.64. The molecule has 6 heteroatoms. The van der Waals surface area contributed by atoms with Gasteiger partial charge >= 0.3 is 0 Å². The number of benzene rings is 1. The normalized spacial score (nSPS) is 19.6. The van der Waals surface area contributed by atoms with Crippen molar-refractivity contribution in [3.8, 4) is 5.75 Å². The molecule has 2 rings (SSSR count). The number of phenolic OH excluding ortho intramolecular Hbond substituents is 1. The zero-order valence-corrected chi connectivity index (χ0v) is 9.91. The number of nitrogens with zero attached hydrogens (tertiary/aromatic N) is 1. The van der Waals surface area contributed by atoms with Crippen LogP contribution in [-0.4, -0.2) is 35.5 Å². The Bertz CT molecular complexity index is 456. The molecule has 1 amide bonds. The molecule has 4 nitrogen and oxygen atoms in total. The summed E-state index contributed by atoms with van der Waals surface area (Å²) in [5.74, 6) is -2.99. The molecule has 2 N–H and O–H groups in total. The van der Waals surface area contributed by atoms with Gasteiger partial charge in [-0.2, -0.15) is 0 Å². The van der Waals surface area contributed by atoms with Crippen LogP contribution in [0.1, 0.15) is 12.0 Å². The topological polar surface area (TPSA) is 52.6 Å². The number of nitrogens with one attached hydrogen (secondary N) is 1. The van der Waals surface area contributed by atoms with Gasteiger partial charge in [-0.15, -0.1) is 0 Å². The Morgan fingerprint density at radius 2 is 2.06 bits per heavy atom. The van der Waals surface area contributed by atoms with Crippen LogP contribution in [0.2, 0.25) is 0 Å². The largest absolute Gasteiger partial charge is 0.503 e. The number of carbonyl (C=O) groups excluding carboxylic acids is 1. The fraction of sp³-hybridized carbons (Fsp3) is 0.417. The van der Waals surface area contributed by atoms with Gasteiger partial charge in [0.2, 0.25) is 5.91 Å². The Balaban J connectivity index is 2.01. The highest BCUT2D eigenvalue weighted by Gasteiger charge is 2.28. The monoisotopic (exact) mass is 256 g/mol. The zero-order valence-electron chi connectivity index (χ0n) is 9.91. The fourth-order valence-electron chi connectivity index (χ4n) is 1.97. The van der Waals surface area contributed by atoms with Gasteiger partial charge in [0.05, 0.1) is 6.04 Å². The highest BCUT2D eigenvalue weighted by Crippen LogP contribution is 2.21. The lowest BCUT2D eigenvalue weighted by Crippen LogP contribution is -2.36. The molecule has 0 radical (unpaired) electrons. The third-order valence-corrected chi connectivity index (χ3v) is 3.06. The van der Waals surface area contributed by atoms with E-state index < -0.39 is 17.4 Å². The highest BCUT2D eigenvalue weighted by molar-refractivity contribution is 5.83. The van der Waals surface area contributed by atoms with Gasteiger partial charge in [-0.3, -0.25) is 4.79 Å². The number of phenols is 1. The smallest absolute Gasteiger partial charge is 0.239 e. The van der Waals surface area contributed by atoms with Crippen LogP contribution in [-0.2, 0) is 11.3 Å². The number of amides is 1. The predicted molar refractivity (Wildman–Crippen MR) is 60.9 cm³/mol. The summed E-state index contributed by atoms with van der Waals surface area (Å²) in [6.45, 7) is 0.854. The van der Waals surface area contributed by atoms with Crippen molar-refractivity contribution in [2.75, 3.05) is 13.6 Å². The van der Waals surface area contributed by atoms with Crippen LogP contribution >= 0.6 is 0 Å². The van der Waals surface area contributed by atoms with Crippen LogP contribution in [0.15, 0.2) is 12.1 Å². The van der Waals surface area contributed by atoms with Crippen molar-refractivity contribution in [2.24, 2.45) is 0 Å². The molecule has 1 heterocycles. The van der Waals surface area contributed by atoms with Gasteiger partial charge < -0.3 is 15.3 Å². The summed E-state index contributed by atoms with van der Waals surface area (Å²) >= 11 is 0. The maximum atomic E-state index is 13.1. The van der Waals surface area contributed by atoms with Gasteiger partial charge in [0.25, 0.3) is 0 Å². The summed E-state index contributed by atoms with van der Waals surface area (Å²) in [7, 11) is 1.71. The SMILES string of the molecule is CN1CCC(NCc2cc(F)c(O)c(F)c2)C1=O.